The van der Waals surface area contributed by atoms with Crippen molar-refractivity contribution < 1.29 is 17.9 Å². The van der Waals surface area contributed by atoms with Gasteiger partial charge in [0.15, 0.2) is 9.84 Å². The van der Waals surface area contributed by atoms with Crippen LogP contribution in [0.5, 0.6) is 5.75 Å². The van der Waals surface area contributed by atoms with Crippen LogP contribution in [-0.2, 0) is 16.3 Å². The first-order valence-corrected chi connectivity index (χ1v) is 8.41. The maximum Gasteiger partial charge on any atom is 0.343 e. The lowest BCUT2D eigenvalue weighted by atomic mass is 10.1. The van der Waals surface area contributed by atoms with Crippen LogP contribution in [0.15, 0.2) is 53.4 Å². The monoisotopic (exact) mass is 304 g/mol. The predicted molar refractivity (Wildman–Crippen MR) is 80.3 cm³/mol. The van der Waals surface area contributed by atoms with Crippen molar-refractivity contribution in [2.45, 2.75) is 18.2 Å². The Morgan fingerprint density at radius 1 is 1.10 bits per heavy atom. The zero-order valence-electron chi connectivity index (χ0n) is 11.9. The molecule has 0 fully saturated rings. The fraction of sp³-hybridized carbons (Fsp3) is 0.188. The van der Waals surface area contributed by atoms with Crippen LogP contribution in [0.1, 0.15) is 22.8 Å². The highest BCUT2D eigenvalue weighted by molar-refractivity contribution is 7.90. The highest BCUT2D eigenvalue weighted by atomic mass is 32.2. The number of sulfone groups is 1. The van der Waals surface area contributed by atoms with Crippen LogP contribution in [0.3, 0.4) is 0 Å². The van der Waals surface area contributed by atoms with E-state index >= 15 is 0 Å². The van der Waals surface area contributed by atoms with E-state index in [4.69, 9.17) is 4.74 Å². The van der Waals surface area contributed by atoms with Crippen LogP contribution < -0.4 is 4.74 Å². The van der Waals surface area contributed by atoms with E-state index in [1.54, 1.807) is 30.3 Å². The molecule has 0 aliphatic heterocycles. The van der Waals surface area contributed by atoms with Crippen LogP contribution in [-0.4, -0.2) is 20.6 Å². The Labute approximate surface area is 124 Å². The molecule has 0 heterocycles. The third-order valence-electron chi connectivity index (χ3n) is 3.05. The minimum absolute atomic E-state index is 0.221. The molecule has 0 saturated carbocycles. The molecule has 21 heavy (non-hydrogen) atoms. The van der Waals surface area contributed by atoms with Crippen LogP contribution in [0.4, 0.5) is 0 Å². The normalized spacial score (nSPS) is 11.1. The SMILES string of the molecule is CCc1cc(S(C)(=O)=O)ccc1OC(=O)c1ccccc1. The predicted octanol–water partition coefficient (Wildman–Crippen LogP) is 2.87. The zero-order chi connectivity index (χ0) is 15.5. The molecule has 0 unspecified atom stereocenters. The first-order valence-electron chi connectivity index (χ1n) is 6.52. The second-order valence-corrected chi connectivity index (χ2v) is 6.67. The molecule has 0 spiro atoms. The number of hydrogen-bond acceptors (Lipinski definition) is 4. The van der Waals surface area contributed by atoms with Gasteiger partial charge in [0.2, 0.25) is 0 Å². The lowest BCUT2D eigenvalue weighted by molar-refractivity contribution is 0.0733. The van der Waals surface area contributed by atoms with Gasteiger partial charge in [-0.05, 0) is 42.3 Å². The second kappa shape index (κ2) is 6.10. The second-order valence-electron chi connectivity index (χ2n) is 4.65. The number of hydrogen-bond donors (Lipinski definition) is 0. The van der Waals surface area contributed by atoms with Gasteiger partial charge in [0, 0.05) is 6.26 Å². The van der Waals surface area contributed by atoms with Crippen LogP contribution >= 0.6 is 0 Å². The lowest BCUT2D eigenvalue weighted by Crippen LogP contribution is -2.10. The summed E-state index contributed by atoms with van der Waals surface area (Å²) in [6, 6.07) is 13.2. The molecule has 110 valence electrons. The van der Waals surface area contributed by atoms with E-state index in [1.165, 1.54) is 12.1 Å². The number of benzene rings is 2. The summed E-state index contributed by atoms with van der Waals surface area (Å²) >= 11 is 0. The zero-order valence-corrected chi connectivity index (χ0v) is 12.7. The van der Waals surface area contributed by atoms with Gasteiger partial charge in [0.25, 0.3) is 0 Å². The average molecular weight is 304 g/mol. The maximum absolute atomic E-state index is 12.0. The number of esters is 1. The van der Waals surface area contributed by atoms with Crippen molar-refractivity contribution in [3.8, 4) is 5.75 Å². The van der Waals surface area contributed by atoms with Gasteiger partial charge < -0.3 is 4.74 Å². The average Bonchev–Trinajstić information content (AvgIpc) is 2.47. The number of ether oxygens (including phenoxy) is 1. The van der Waals surface area contributed by atoms with E-state index in [2.05, 4.69) is 0 Å². The quantitative estimate of drug-likeness (QED) is 0.643. The molecule has 2 rings (SSSR count). The summed E-state index contributed by atoms with van der Waals surface area (Å²) in [5, 5.41) is 0. The van der Waals surface area contributed by atoms with Gasteiger partial charge in [-0.25, -0.2) is 13.2 Å². The summed E-state index contributed by atoms with van der Waals surface area (Å²) in [6.07, 6.45) is 1.72. The molecular weight excluding hydrogens is 288 g/mol. The molecule has 0 aliphatic carbocycles. The van der Waals surface area contributed by atoms with E-state index < -0.39 is 15.8 Å². The topological polar surface area (TPSA) is 60.4 Å². The van der Waals surface area contributed by atoms with Crippen molar-refractivity contribution >= 4 is 15.8 Å². The summed E-state index contributed by atoms with van der Waals surface area (Å²) < 4.78 is 28.5. The molecule has 2 aromatic rings. The van der Waals surface area contributed by atoms with Gasteiger partial charge >= 0.3 is 5.97 Å². The third-order valence-corrected chi connectivity index (χ3v) is 4.16. The standard InChI is InChI=1S/C16H16O4S/c1-3-12-11-14(21(2,18)19)9-10-15(12)20-16(17)13-7-5-4-6-8-13/h4-11H,3H2,1-2H3. The number of carbonyl (C=O) groups is 1. The van der Waals surface area contributed by atoms with Gasteiger partial charge in [-0.15, -0.1) is 0 Å². The van der Waals surface area contributed by atoms with Gasteiger partial charge in [-0.1, -0.05) is 25.1 Å². The van der Waals surface area contributed by atoms with Crippen molar-refractivity contribution in [1.29, 1.82) is 0 Å². The van der Waals surface area contributed by atoms with Gasteiger partial charge in [0.1, 0.15) is 5.75 Å². The molecule has 0 bridgehead atoms. The molecule has 0 amide bonds. The molecule has 5 heteroatoms. The largest absolute Gasteiger partial charge is 0.423 e. The van der Waals surface area contributed by atoms with Crippen LogP contribution in [0, 0.1) is 0 Å². The Bertz CT molecular complexity index is 749. The summed E-state index contributed by atoms with van der Waals surface area (Å²) in [4.78, 5) is 12.2. The molecule has 2 aromatic carbocycles. The van der Waals surface area contributed by atoms with Gasteiger partial charge in [-0.3, -0.25) is 0 Å². The fourth-order valence-corrected chi connectivity index (χ4v) is 2.57. The molecular formula is C16H16O4S. The molecule has 0 aromatic heterocycles. The first-order chi connectivity index (χ1) is 9.91. The van der Waals surface area contributed by atoms with Gasteiger partial charge in [0.05, 0.1) is 10.5 Å². The number of aryl methyl sites for hydroxylation is 1. The van der Waals surface area contributed by atoms with E-state index in [0.717, 1.165) is 6.26 Å². The Morgan fingerprint density at radius 2 is 1.76 bits per heavy atom. The van der Waals surface area contributed by atoms with E-state index in [0.29, 0.717) is 23.3 Å². The van der Waals surface area contributed by atoms with E-state index in [1.807, 2.05) is 13.0 Å². The molecule has 0 radical (unpaired) electrons. The molecule has 0 saturated heterocycles. The Kier molecular flexibility index (Phi) is 4.43. The van der Waals surface area contributed by atoms with Crippen LogP contribution in [0.25, 0.3) is 0 Å². The minimum atomic E-state index is -3.27. The Balaban J connectivity index is 2.31. The lowest BCUT2D eigenvalue weighted by Gasteiger charge is -2.10. The Morgan fingerprint density at radius 3 is 2.33 bits per heavy atom. The Hall–Kier alpha value is -2.14. The third kappa shape index (κ3) is 3.70. The smallest absolute Gasteiger partial charge is 0.343 e. The summed E-state index contributed by atoms with van der Waals surface area (Å²) in [5.74, 6) is -0.0730. The van der Waals surface area contributed by atoms with Crippen molar-refractivity contribution in [3.63, 3.8) is 0 Å². The summed E-state index contributed by atoms with van der Waals surface area (Å²) in [6.45, 7) is 1.88. The van der Waals surface area contributed by atoms with Crippen molar-refractivity contribution in [1.82, 2.24) is 0 Å². The minimum Gasteiger partial charge on any atom is -0.423 e. The fourth-order valence-electron chi connectivity index (χ4n) is 1.90. The number of rotatable bonds is 4. The van der Waals surface area contributed by atoms with Gasteiger partial charge in [-0.2, -0.15) is 0 Å². The van der Waals surface area contributed by atoms with E-state index in [-0.39, 0.29) is 4.90 Å². The molecule has 0 N–H and O–H groups in total. The number of carbonyl (C=O) groups excluding carboxylic acids is 1. The van der Waals surface area contributed by atoms with Crippen LogP contribution in [0.2, 0.25) is 0 Å². The maximum atomic E-state index is 12.0. The van der Waals surface area contributed by atoms with Crippen molar-refractivity contribution in [2.24, 2.45) is 0 Å². The molecule has 0 aliphatic rings. The van der Waals surface area contributed by atoms with E-state index in [9.17, 15) is 13.2 Å². The molecule has 0 atom stereocenters. The summed E-state index contributed by atoms with van der Waals surface area (Å²) in [7, 11) is -3.27. The molecule has 4 nitrogen and oxygen atoms in total. The van der Waals surface area contributed by atoms with Crippen molar-refractivity contribution in [3.05, 3.63) is 59.7 Å². The van der Waals surface area contributed by atoms with Crippen molar-refractivity contribution in [2.75, 3.05) is 6.26 Å². The summed E-state index contributed by atoms with van der Waals surface area (Å²) in [5.41, 5.74) is 1.13. The highest BCUT2D eigenvalue weighted by Crippen LogP contribution is 2.24. The first kappa shape index (κ1) is 15.3. The highest BCUT2D eigenvalue weighted by Gasteiger charge is 2.14.